The van der Waals surface area contributed by atoms with Crippen molar-refractivity contribution in [3.8, 4) is 0 Å². The van der Waals surface area contributed by atoms with Gasteiger partial charge >= 0.3 is 0 Å². The first-order valence-corrected chi connectivity index (χ1v) is 6.14. The number of aryl methyl sites for hydroxylation is 1. The van der Waals surface area contributed by atoms with E-state index in [1.54, 1.807) is 0 Å². The van der Waals surface area contributed by atoms with Crippen molar-refractivity contribution >= 4 is 11.8 Å². The molecule has 0 saturated carbocycles. The molecule has 4 heteroatoms. The number of hydrogen-bond acceptors (Lipinski definition) is 2. The zero-order valence-electron chi connectivity index (χ0n) is 11.0. The first kappa shape index (κ1) is 14.2. The van der Waals surface area contributed by atoms with Gasteiger partial charge in [0.05, 0.1) is 6.42 Å². The first-order valence-electron chi connectivity index (χ1n) is 6.14. The number of amides is 2. The van der Waals surface area contributed by atoms with Gasteiger partial charge in [-0.2, -0.15) is 0 Å². The molecule has 2 N–H and O–H groups in total. The summed E-state index contributed by atoms with van der Waals surface area (Å²) in [5.74, 6) is -0.0236. The monoisotopic (exact) mass is 248 g/mol. The van der Waals surface area contributed by atoms with Crippen LogP contribution >= 0.6 is 0 Å². The molecule has 0 spiro atoms. The maximum Gasteiger partial charge on any atom is 0.224 e. The van der Waals surface area contributed by atoms with Crippen molar-refractivity contribution in [3.63, 3.8) is 0 Å². The third-order valence-corrected chi connectivity index (χ3v) is 2.50. The van der Waals surface area contributed by atoms with Gasteiger partial charge in [-0.25, -0.2) is 0 Å². The van der Waals surface area contributed by atoms with Crippen LogP contribution in [0.2, 0.25) is 0 Å². The Morgan fingerprint density at radius 1 is 1.17 bits per heavy atom. The second-order valence-corrected chi connectivity index (χ2v) is 4.35. The van der Waals surface area contributed by atoms with Crippen molar-refractivity contribution in [1.29, 1.82) is 0 Å². The number of carbonyl (C=O) groups excluding carboxylic acids is 2. The molecule has 0 aliphatic heterocycles. The van der Waals surface area contributed by atoms with Crippen molar-refractivity contribution in [2.45, 2.75) is 26.7 Å². The summed E-state index contributed by atoms with van der Waals surface area (Å²) in [5.41, 5.74) is 2.18. The standard InChI is InChI=1S/C14H20N2O2/c1-11-5-3-6-13(9-11)10-14(18)16-8-4-7-15-12(2)17/h3,5-6,9H,4,7-8,10H2,1-2H3,(H,15,17)(H,16,18). The average molecular weight is 248 g/mol. The smallest absolute Gasteiger partial charge is 0.224 e. The number of carbonyl (C=O) groups is 2. The van der Waals surface area contributed by atoms with E-state index in [1.807, 2.05) is 31.2 Å². The molecule has 1 aromatic rings. The van der Waals surface area contributed by atoms with Gasteiger partial charge in [-0.15, -0.1) is 0 Å². The first-order chi connectivity index (χ1) is 8.58. The SMILES string of the molecule is CC(=O)NCCCNC(=O)Cc1cccc(C)c1. The lowest BCUT2D eigenvalue weighted by Crippen LogP contribution is -2.29. The fourth-order valence-corrected chi connectivity index (χ4v) is 1.65. The summed E-state index contributed by atoms with van der Waals surface area (Å²) >= 11 is 0. The molecular weight excluding hydrogens is 228 g/mol. The highest BCUT2D eigenvalue weighted by Gasteiger charge is 2.02. The van der Waals surface area contributed by atoms with Gasteiger partial charge in [0, 0.05) is 20.0 Å². The molecule has 0 atom stereocenters. The molecule has 0 heterocycles. The van der Waals surface area contributed by atoms with Crippen LogP contribution in [0.4, 0.5) is 0 Å². The second kappa shape index (κ2) is 7.48. The van der Waals surface area contributed by atoms with E-state index < -0.39 is 0 Å². The summed E-state index contributed by atoms with van der Waals surface area (Å²) in [6.07, 6.45) is 1.15. The van der Waals surface area contributed by atoms with E-state index in [0.29, 0.717) is 19.5 Å². The predicted octanol–water partition coefficient (Wildman–Crippen LogP) is 1.18. The van der Waals surface area contributed by atoms with E-state index in [2.05, 4.69) is 10.6 Å². The summed E-state index contributed by atoms with van der Waals surface area (Å²) in [6, 6.07) is 7.92. The predicted molar refractivity (Wildman–Crippen MR) is 71.2 cm³/mol. The Morgan fingerprint density at radius 3 is 2.56 bits per heavy atom. The van der Waals surface area contributed by atoms with Gasteiger partial charge in [-0.3, -0.25) is 9.59 Å². The molecule has 4 nitrogen and oxygen atoms in total. The van der Waals surface area contributed by atoms with Crippen molar-refractivity contribution in [1.82, 2.24) is 10.6 Å². The highest BCUT2D eigenvalue weighted by atomic mass is 16.2. The quantitative estimate of drug-likeness (QED) is 0.743. The lowest BCUT2D eigenvalue weighted by Gasteiger charge is -2.06. The highest BCUT2D eigenvalue weighted by Crippen LogP contribution is 2.04. The minimum Gasteiger partial charge on any atom is -0.356 e. The van der Waals surface area contributed by atoms with Gasteiger partial charge in [0.25, 0.3) is 0 Å². The Balaban J connectivity index is 2.20. The molecule has 0 aliphatic carbocycles. The summed E-state index contributed by atoms with van der Waals surface area (Å²) in [4.78, 5) is 22.2. The highest BCUT2D eigenvalue weighted by molar-refractivity contribution is 5.78. The van der Waals surface area contributed by atoms with Gasteiger partial charge in [-0.1, -0.05) is 29.8 Å². The van der Waals surface area contributed by atoms with Crippen LogP contribution in [0.3, 0.4) is 0 Å². The Hall–Kier alpha value is -1.84. The van der Waals surface area contributed by atoms with Crippen LogP contribution in [-0.2, 0) is 16.0 Å². The fraction of sp³-hybridized carbons (Fsp3) is 0.429. The molecule has 1 aromatic carbocycles. The molecule has 0 unspecified atom stereocenters. The lowest BCUT2D eigenvalue weighted by atomic mass is 10.1. The molecule has 1 rings (SSSR count). The van der Waals surface area contributed by atoms with Crippen LogP contribution in [-0.4, -0.2) is 24.9 Å². The Labute approximate surface area is 108 Å². The van der Waals surface area contributed by atoms with E-state index in [0.717, 1.165) is 17.5 Å². The molecule has 0 bridgehead atoms. The van der Waals surface area contributed by atoms with E-state index in [4.69, 9.17) is 0 Å². The largest absolute Gasteiger partial charge is 0.356 e. The third kappa shape index (κ3) is 6.03. The molecule has 0 fully saturated rings. The molecule has 0 aromatic heterocycles. The summed E-state index contributed by atoms with van der Waals surface area (Å²) in [7, 11) is 0. The maximum atomic E-state index is 11.6. The van der Waals surface area contributed by atoms with Crippen molar-refractivity contribution in [2.24, 2.45) is 0 Å². The van der Waals surface area contributed by atoms with Crippen LogP contribution in [0.1, 0.15) is 24.5 Å². The second-order valence-electron chi connectivity index (χ2n) is 4.35. The van der Waals surface area contributed by atoms with E-state index in [9.17, 15) is 9.59 Å². The van der Waals surface area contributed by atoms with E-state index in [1.165, 1.54) is 6.92 Å². The van der Waals surface area contributed by atoms with Crippen molar-refractivity contribution in [3.05, 3.63) is 35.4 Å². The fourth-order valence-electron chi connectivity index (χ4n) is 1.65. The number of rotatable bonds is 6. The van der Waals surface area contributed by atoms with Gasteiger partial charge in [0.1, 0.15) is 0 Å². The molecule has 18 heavy (non-hydrogen) atoms. The minimum absolute atomic E-state index is 0.0171. The Morgan fingerprint density at radius 2 is 1.89 bits per heavy atom. The molecule has 0 radical (unpaired) electrons. The van der Waals surface area contributed by atoms with Gasteiger partial charge in [-0.05, 0) is 18.9 Å². The van der Waals surface area contributed by atoms with Crippen LogP contribution in [0.15, 0.2) is 24.3 Å². The van der Waals surface area contributed by atoms with Crippen molar-refractivity contribution < 1.29 is 9.59 Å². The normalized spacial score (nSPS) is 9.89. The lowest BCUT2D eigenvalue weighted by molar-refractivity contribution is -0.120. The van der Waals surface area contributed by atoms with Crippen LogP contribution in [0, 0.1) is 6.92 Å². The summed E-state index contributed by atoms with van der Waals surface area (Å²) < 4.78 is 0. The number of nitrogens with one attached hydrogen (secondary N) is 2. The Bertz CT molecular complexity index is 416. The summed E-state index contributed by atoms with van der Waals surface area (Å²) in [5, 5.41) is 5.52. The zero-order chi connectivity index (χ0) is 13.4. The van der Waals surface area contributed by atoms with Gasteiger partial charge in [0.2, 0.25) is 11.8 Å². The van der Waals surface area contributed by atoms with Crippen molar-refractivity contribution in [2.75, 3.05) is 13.1 Å². The van der Waals surface area contributed by atoms with Crippen LogP contribution in [0.25, 0.3) is 0 Å². The molecule has 2 amide bonds. The number of benzene rings is 1. The topological polar surface area (TPSA) is 58.2 Å². The molecule has 98 valence electrons. The number of hydrogen-bond donors (Lipinski definition) is 2. The molecular formula is C14H20N2O2. The van der Waals surface area contributed by atoms with Gasteiger partial charge < -0.3 is 10.6 Å². The average Bonchev–Trinajstić information content (AvgIpc) is 2.28. The Kier molecular flexibility index (Phi) is 5.91. The van der Waals surface area contributed by atoms with E-state index in [-0.39, 0.29) is 11.8 Å². The molecule has 0 aliphatic rings. The van der Waals surface area contributed by atoms with Gasteiger partial charge in [0.15, 0.2) is 0 Å². The zero-order valence-corrected chi connectivity index (χ0v) is 11.0. The third-order valence-electron chi connectivity index (χ3n) is 2.50. The van der Waals surface area contributed by atoms with E-state index >= 15 is 0 Å². The minimum atomic E-state index is -0.0407. The molecule has 0 saturated heterocycles. The van der Waals surface area contributed by atoms with Crippen LogP contribution < -0.4 is 10.6 Å². The summed E-state index contributed by atoms with van der Waals surface area (Å²) in [6.45, 7) is 4.68. The van der Waals surface area contributed by atoms with Crippen LogP contribution in [0.5, 0.6) is 0 Å². The maximum absolute atomic E-state index is 11.6.